The maximum atomic E-state index is 11.4. The molecular weight excluding hydrogens is 212 g/mol. The second-order valence-electron chi connectivity index (χ2n) is 2.88. The summed E-state index contributed by atoms with van der Waals surface area (Å²) in [6.45, 7) is 0. The third-order valence-corrected chi connectivity index (χ3v) is 2.62. The van der Waals surface area contributed by atoms with Crippen molar-refractivity contribution < 1.29 is 4.79 Å². The van der Waals surface area contributed by atoms with Crippen molar-refractivity contribution in [3.05, 3.63) is 29.3 Å². The fraction of sp³-hybridized carbons (Fsp3) is 0. The van der Waals surface area contributed by atoms with E-state index >= 15 is 0 Å². The van der Waals surface area contributed by atoms with Gasteiger partial charge in [0.15, 0.2) is 5.96 Å². The highest BCUT2D eigenvalue weighted by Crippen LogP contribution is 2.19. The molecule has 0 saturated carbocycles. The molecule has 1 aromatic carbocycles. The van der Waals surface area contributed by atoms with E-state index in [2.05, 4.69) is 9.98 Å². The first kappa shape index (κ1) is 9.60. The van der Waals surface area contributed by atoms with Gasteiger partial charge in [-0.15, -0.1) is 11.3 Å². The minimum atomic E-state index is -0.454. The number of benzene rings is 1. The Labute approximate surface area is 89.4 Å². The van der Waals surface area contributed by atoms with Crippen molar-refractivity contribution in [2.24, 2.45) is 16.5 Å². The molecule has 0 aliphatic rings. The first-order valence-corrected chi connectivity index (χ1v) is 5.02. The van der Waals surface area contributed by atoms with E-state index in [1.807, 2.05) is 6.07 Å². The summed E-state index contributed by atoms with van der Waals surface area (Å²) in [5.74, 6) is -0.691. The number of amides is 1. The van der Waals surface area contributed by atoms with Gasteiger partial charge in [-0.05, 0) is 18.2 Å². The van der Waals surface area contributed by atoms with E-state index in [0.717, 1.165) is 10.2 Å². The van der Waals surface area contributed by atoms with Crippen molar-refractivity contribution in [2.45, 2.75) is 0 Å². The number of fused-ring (bicyclic) bond motifs is 1. The largest absolute Gasteiger partial charge is 0.370 e. The first-order valence-electron chi connectivity index (χ1n) is 4.14. The van der Waals surface area contributed by atoms with Crippen molar-refractivity contribution in [2.75, 3.05) is 0 Å². The molecule has 76 valence electrons. The van der Waals surface area contributed by atoms with E-state index in [1.54, 1.807) is 17.6 Å². The third-order valence-electron chi connectivity index (χ3n) is 1.81. The molecule has 2 aromatic rings. The summed E-state index contributed by atoms with van der Waals surface area (Å²) in [4.78, 5) is 19.0. The molecule has 1 heterocycles. The maximum absolute atomic E-state index is 11.4. The van der Waals surface area contributed by atoms with Crippen molar-refractivity contribution in [3.8, 4) is 0 Å². The number of hydrogen-bond acceptors (Lipinski definition) is 3. The van der Waals surface area contributed by atoms with Gasteiger partial charge >= 0.3 is 0 Å². The summed E-state index contributed by atoms with van der Waals surface area (Å²) in [6, 6.07) is 5.17. The number of carbonyl (C=O) groups excluding carboxylic acids is 1. The highest BCUT2D eigenvalue weighted by atomic mass is 32.1. The molecule has 4 N–H and O–H groups in total. The summed E-state index contributed by atoms with van der Waals surface area (Å²) in [6.07, 6.45) is 0. The van der Waals surface area contributed by atoms with Crippen molar-refractivity contribution in [1.82, 2.24) is 4.98 Å². The lowest BCUT2D eigenvalue weighted by atomic mass is 10.2. The number of aliphatic imine (C=N–C) groups is 1. The quantitative estimate of drug-likeness (QED) is 0.546. The molecule has 0 fully saturated rings. The number of hydrogen-bond donors (Lipinski definition) is 2. The molecule has 0 saturated heterocycles. The van der Waals surface area contributed by atoms with E-state index in [9.17, 15) is 4.79 Å². The Morgan fingerprint density at radius 2 is 2.20 bits per heavy atom. The van der Waals surface area contributed by atoms with Gasteiger partial charge in [0.25, 0.3) is 5.91 Å². The number of carbonyl (C=O) groups is 1. The summed E-state index contributed by atoms with van der Waals surface area (Å²) < 4.78 is 1.02. The maximum Gasteiger partial charge on any atom is 0.280 e. The fourth-order valence-electron chi connectivity index (χ4n) is 1.17. The Morgan fingerprint density at radius 1 is 1.40 bits per heavy atom. The average molecular weight is 220 g/mol. The molecule has 1 aromatic heterocycles. The Balaban J connectivity index is 2.44. The van der Waals surface area contributed by atoms with Crippen LogP contribution in [0.3, 0.4) is 0 Å². The van der Waals surface area contributed by atoms with Gasteiger partial charge in [0.2, 0.25) is 0 Å². The zero-order valence-electron chi connectivity index (χ0n) is 7.68. The van der Waals surface area contributed by atoms with Gasteiger partial charge in [-0.1, -0.05) is 0 Å². The molecule has 0 radical (unpaired) electrons. The lowest BCUT2D eigenvalue weighted by Gasteiger charge is -1.95. The Morgan fingerprint density at radius 3 is 2.93 bits per heavy atom. The Hall–Kier alpha value is -1.95. The fourth-order valence-corrected chi connectivity index (χ4v) is 1.83. The summed E-state index contributed by atoms with van der Waals surface area (Å²) in [7, 11) is 0. The zero-order chi connectivity index (χ0) is 10.8. The van der Waals surface area contributed by atoms with Crippen molar-refractivity contribution in [1.29, 1.82) is 0 Å². The molecule has 0 aliphatic carbocycles. The van der Waals surface area contributed by atoms with E-state index in [4.69, 9.17) is 11.5 Å². The van der Waals surface area contributed by atoms with Crippen LogP contribution in [0.1, 0.15) is 10.4 Å². The van der Waals surface area contributed by atoms with Crippen LogP contribution in [0.2, 0.25) is 0 Å². The molecule has 0 spiro atoms. The van der Waals surface area contributed by atoms with Crippen LogP contribution in [-0.2, 0) is 0 Å². The molecule has 5 nitrogen and oxygen atoms in total. The van der Waals surface area contributed by atoms with E-state index in [-0.39, 0.29) is 5.96 Å². The first-order chi connectivity index (χ1) is 7.16. The van der Waals surface area contributed by atoms with Gasteiger partial charge in [0, 0.05) is 5.56 Å². The normalized spacial score (nSPS) is 10.1. The number of nitrogens with two attached hydrogens (primary N) is 2. The molecule has 2 rings (SSSR count). The van der Waals surface area contributed by atoms with E-state index in [0.29, 0.717) is 5.56 Å². The number of aromatic nitrogens is 1. The molecule has 15 heavy (non-hydrogen) atoms. The monoisotopic (exact) mass is 220 g/mol. The van der Waals surface area contributed by atoms with E-state index in [1.165, 1.54) is 11.3 Å². The summed E-state index contributed by atoms with van der Waals surface area (Å²) in [5, 5.41) is 0. The second kappa shape index (κ2) is 3.66. The Bertz CT molecular complexity index is 542. The van der Waals surface area contributed by atoms with Gasteiger partial charge in [0.05, 0.1) is 15.7 Å². The SMILES string of the molecule is NC(N)=NC(=O)c1ccc2scnc2c1. The highest BCUT2D eigenvalue weighted by Gasteiger charge is 2.06. The summed E-state index contributed by atoms with van der Waals surface area (Å²) in [5.41, 5.74) is 13.2. The lowest BCUT2D eigenvalue weighted by molar-refractivity contribution is 0.100. The minimum Gasteiger partial charge on any atom is -0.370 e. The van der Waals surface area contributed by atoms with Gasteiger partial charge in [-0.3, -0.25) is 4.79 Å². The highest BCUT2D eigenvalue weighted by molar-refractivity contribution is 7.16. The van der Waals surface area contributed by atoms with Gasteiger partial charge in [-0.2, -0.15) is 4.99 Å². The summed E-state index contributed by atoms with van der Waals surface area (Å²) >= 11 is 1.51. The molecular formula is C9H8N4OS. The molecule has 0 aliphatic heterocycles. The van der Waals surface area contributed by atoms with Crippen LogP contribution in [-0.4, -0.2) is 16.9 Å². The van der Waals surface area contributed by atoms with Crippen LogP contribution >= 0.6 is 11.3 Å². The standard InChI is InChI=1S/C9H8N4OS/c10-9(11)13-8(14)5-1-2-7-6(3-5)12-4-15-7/h1-4H,(H4,10,11,13,14). The average Bonchev–Trinajstić information content (AvgIpc) is 2.62. The smallest absolute Gasteiger partial charge is 0.280 e. The minimum absolute atomic E-state index is 0.238. The number of rotatable bonds is 1. The van der Waals surface area contributed by atoms with Crippen molar-refractivity contribution in [3.63, 3.8) is 0 Å². The van der Waals surface area contributed by atoms with Crippen LogP contribution in [0.4, 0.5) is 0 Å². The topological polar surface area (TPSA) is 94.4 Å². The van der Waals surface area contributed by atoms with Gasteiger partial charge in [0.1, 0.15) is 0 Å². The van der Waals surface area contributed by atoms with Crippen LogP contribution in [0.25, 0.3) is 10.2 Å². The number of thiazole rings is 1. The number of nitrogens with zero attached hydrogens (tertiary/aromatic N) is 2. The van der Waals surface area contributed by atoms with E-state index < -0.39 is 5.91 Å². The van der Waals surface area contributed by atoms with Crippen LogP contribution in [0.5, 0.6) is 0 Å². The molecule has 0 unspecified atom stereocenters. The molecule has 1 amide bonds. The van der Waals surface area contributed by atoms with Gasteiger partial charge < -0.3 is 11.5 Å². The van der Waals surface area contributed by atoms with Gasteiger partial charge in [-0.25, -0.2) is 4.98 Å². The molecule has 0 bridgehead atoms. The predicted molar refractivity (Wildman–Crippen MR) is 59.8 cm³/mol. The van der Waals surface area contributed by atoms with Crippen LogP contribution in [0, 0.1) is 0 Å². The predicted octanol–water partition coefficient (Wildman–Crippen LogP) is 0.710. The molecule has 0 atom stereocenters. The Kier molecular flexibility index (Phi) is 2.34. The van der Waals surface area contributed by atoms with Crippen LogP contribution in [0.15, 0.2) is 28.7 Å². The second-order valence-corrected chi connectivity index (χ2v) is 3.76. The molecule has 6 heteroatoms. The third kappa shape index (κ3) is 1.94. The van der Waals surface area contributed by atoms with Crippen molar-refractivity contribution >= 4 is 33.4 Å². The lowest BCUT2D eigenvalue weighted by Crippen LogP contribution is -2.24. The van der Waals surface area contributed by atoms with Crippen LogP contribution < -0.4 is 11.5 Å². The number of guanidine groups is 1. The zero-order valence-corrected chi connectivity index (χ0v) is 8.49.